The molecule has 0 aromatic carbocycles. The zero-order valence-corrected chi connectivity index (χ0v) is 12.1. The molecule has 22 heavy (non-hydrogen) atoms. The van der Waals surface area contributed by atoms with Crippen LogP contribution in [-0.2, 0) is 11.3 Å². The summed E-state index contributed by atoms with van der Waals surface area (Å²) in [5.74, 6) is 1.06. The molecule has 3 heterocycles. The number of nitrogens with one attached hydrogen (secondary N) is 2. The maximum atomic E-state index is 12.0. The van der Waals surface area contributed by atoms with Gasteiger partial charge in [0, 0.05) is 25.5 Å². The molecule has 1 amide bonds. The van der Waals surface area contributed by atoms with E-state index in [1.807, 2.05) is 12.1 Å². The number of rotatable bonds is 6. The number of nitrogens with zero attached hydrogens (tertiary/aromatic N) is 2. The van der Waals surface area contributed by atoms with Gasteiger partial charge < -0.3 is 19.8 Å². The Bertz CT molecular complexity index is 592. The average Bonchev–Trinajstić information content (AvgIpc) is 3.24. The van der Waals surface area contributed by atoms with Crippen LogP contribution in [0.3, 0.4) is 0 Å². The number of amides is 1. The van der Waals surface area contributed by atoms with Crippen molar-refractivity contribution in [2.45, 2.75) is 25.5 Å². The predicted molar refractivity (Wildman–Crippen MR) is 79.4 cm³/mol. The van der Waals surface area contributed by atoms with E-state index in [2.05, 4.69) is 20.6 Å². The molecule has 1 aliphatic heterocycles. The largest absolute Gasteiger partial charge is 0.467 e. The van der Waals surface area contributed by atoms with Crippen LogP contribution in [0, 0.1) is 0 Å². The number of furan rings is 1. The molecule has 2 N–H and O–H groups in total. The van der Waals surface area contributed by atoms with Crippen molar-refractivity contribution in [3.8, 4) is 0 Å². The van der Waals surface area contributed by atoms with E-state index in [0.29, 0.717) is 24.6 Å². The minimum Gasteiger partial charge on any atom is -0.467 e. The first kappa shape index (κ1) is 14.5. The number of hydrogen-bond acceptors (Lipinski definition) is 6. The quantitative estimate of drug-likeness (QED) is 0.842. The first-order valence-corrected chi connectivity index (χ1v) is 7.29. The lowest BCUT2D eigenvalue weighted by Crippen LogP contribution is -2.31. The van der Waals surface area contributed by atoms with E-state index in [-0.39, 0.29) is 12.0 Å². The third kappa shape index (κ3) is 3.82. The molecule has 1 fully saturated rings. The van der Waals surface area contributed by atoms with Gasteiger partial charge in [-0.05, 0) is 25.0 Å². The van der Waals surface area contributed by atoms with Crippen LogP contribution >= 0.6 is 0 Å². The molecule has 1 atom stereocenters. The second-order valence-corrected chi connectivity index (χ2v) is 5.07. The maximum Gasteiger partial charge on any atom is 0.254 e. The average molecular weight is 302 g/mol. The van der Waals surface area contributed by atoms with Crippen molar-refractivity contribution in [1.29, 1.82) is 0 Å². The van der Waals surface area contributed by atoms with Gasteiger partial charge in [-0.2, -0.15) is 0 Å². The monoisotopic (exact) mass is 302 g/mol. The van der Waals surface area contributed by atoms with Crippen LogP contribution < -0.4 is 10.6 Å². The Kier molecular flexibility index (Phi) is 4.65. The number of ether oxygens (including phenoxy) is 1. The van der Waals surface area contributed by atoms with Crippen molar-refractivity contribution in [2.75, 3.05) is 18.5 Å². The molecular weight excluding hydrogens is 284 g/mol. The lowest BCUT2D eigenvalue weighted by atomic mass is 10.2. The SMILES string of the molecule is O=C(NCC1CCCO1)c1cnc(NCc2ccco2)nc1. The van der Waals surface area contributed by atoms with Gasteiger partial charge in [0.25, 0.3) is 5.91 Å². The summed E-state index contributed by atoms with van der Waals surface area (Å²) >= 11 is 0. The van der Waals surface area contributed by atoms with Gasteiger partial charge in [-0.3, -0.25) is 4.79 Å². The zero-order valence-electron chi connectivity index (χ0n) is 12.1. The van der Waals surface area contributed by atoms with Crippen molar-refractivity contribution < 1.29 is 13.9 Å². The van der Waals surface area contributed by atoms with Crippen LogP contribution in [0.1, 0.15) is 29.0 Å². The standard InChI is InChI=1S/C15H18N4O3/c20-14(16-9-12-3-1-5-21-12)11-7-17-15(18-8-11)19-10-13-4-2-6-22-13/h2,4,6-8,12H,1,3,5,9-10H2,(H,16,20)(H,17,18,19). The van der Waals surface area contributed by atoms with Crippen LogP contribution in [-0.4, -0.2) is 35.1 Å². The number of carbonyl (C=O) groups excluding carboxylic acids is 1. The Morgan fingerprint density at radius 2 is 2.23 bits per heavy atom. The Balaban J connectivity index is 1.48. The Morgan fingerprint density at radius 3 is 2.91 bits per heavy atom. The van der Waals surface area contributed by atoms with Crippen molar-refractivity contribution in [1.82, 2.24) is 15.3 Å². The highest BCUT2D eigenvalue weighted by Gasteiger charge is 2.16. The number of anilines is 1. The second kappa shape index (κ2) is 7.04. The van der Waals surface area contributed by atoms with E-state index in [4.69, 9.17) is 9.15 Å². The van der Waals surface area contributed by atoms with Crippen molar-refractivity contribution >= 4 is 11.9 Å². The third-order valence-corrected chi connectivity index (χ3v) is 3.43. The van der Waals surface area contributed by atoms with E-state index < -0.39 is 0 Å². The van der Waals surface area contributed by atoms with Crippen molar-refractivity contribution in [3.63, 3.8) is 0 Å². The summed E-state index contributed by atoms with van der Waals surface area (Å²) in [7, 11) is 0. The van der Waals surface area contributed by atoms with Gasteiger partial charge in [-0.1, -0.05) is 0 Å². The molecule has 0 aliphatic carbocycles. The topological polar surface area (TPSA) is 89.3 Å². The highest BCUT2D eigenvalue weighted by atomic mass is 16.5. The minimum atomic E-state index is -0.187. The van der Waals surface area contributed by atoms with Crippen LogP contribution in [0.15, 0.2) is 35.2 Å². The van der Waals surface area contributed by atoms with Crippen LogP contribution in [0.25, 0.3) is 0 Å². The fraction of sp³-hybridized carbons (Fsp3) is 0.400. The molecule has 1 saturated heterocycles. The molecule has 0 bridgehead atoms. The van der Waals surface area contributed by atoms with Gasteiger partial charge in [0.2, 0.25) is 5.95 Å². The fourth-order valence-corrected chi connectivity index (χ4v) is 2.23. The van der Waals surface area contributed by atoms with Crippen LogP contribution in [0.4, 0.5) is 5.95 Å². The molecule has 0 spiro atoms. The summed E-state index contributed by atoms with van der Waals surface area (Å²) < 4.78 is 10.7. The van der Waals surface area contributed by atoms with E-state index in [0.717, 1.165) is 25.2 Å². The zero-order chi connectivity index (χ0) is 15.2. The fourth-order valence-electron chi connectivity index (χ4n) is 2.23. The van der Waals surface area contributed by atoms with Gasteiger partial charge in [-0.25, -0.2) is 9.97 Å². The first-order valence-electron chi connectivity index (χ1n) is 7.29. The summed E-state index contributed by atoms with van der Waals surface area (Å²) in [6, 6.07) is 3.68. The Morgan fingerprint density at radius 1 is 1.36 bits per heavy atom. The molecule has 7 heteroatoms. The molecule has 1 aliphatic rings. The van der Waals surface area contributed by atoms with E-state index in [1.54, 1.807) is 6.26 Å². The highest BCUT2D eigenvalue weighted by Crippen LogP contribution is 2.11. The number of aromatic nitrogens is 2. The summed E-state index contributed by atoms with van der Waals surface area (Å²) in [6.45, 7) is 1.80. The van der Waals surface area contributed by atoms with Crippen LogP contribution in [0.2, 0.25) is 0 Å². The van der Waals surface area contributed by atoms with E-state index >= 15 is 0 Å². The van der Waals surface area contributed by atoms with Gasteiger partial charge >= 0.3 is 0 Å². The minimum absolute atomic E-state index is 0.124. The molecule has 2 aromatic rings. The smallest absolute Gasteiger partial charge is 0.254 e. The third-order valence-electron chi connectivity index (χ3n) is 3.43. The molecule has 2 aromatic heterocycles. The molecule has 1 unspecified atom stereocenters. The van der Waals surface area contributed by atoms with Crippen molar-refractivity contribution in [2.24, 2.45) is 0 Å². The number of hydrogen-bond donors (Lipinski definition) is 2. The normalized spacial score (nSPS) is 17.4. The summed E-state index contributed by atoms with van der Waals surface area (Å²) in [5.41, 5.74) is 0.432. The summed E-state index contributed by atoms with van der Waals surface area (Å²) in [5, 5.41) is 5.86. The van der Waals surface area contributed by atoms with E-state index in [9.17, 15) is 4.79 Å². The first-order chi connectivity index (χ1) is 10.8. The lowest BCUT2D eigenvalue weighted by Gasteiger charge is -2.10. The van der Waals surface area contributed by atoms with Crippen molar-refractivity contribution in [3.05, 3.63) is 42.1 Å². The molecule has 0 radical (unpaired) electrons. The molecular formula is C15H18N4O3. The molecule has 3 rings (SSSR count). The van der Waals surface area contributed by atoms with E-state index in [1.165, 1.54) is 12.4 Å². The van der Waals surface area contributed by atoms with Gasteiger partial charge in [-0.15, -0.1) is 0 Å². The molecule has 116 valence electrons. The summed E-state index contributed by atoms with van der Waals surface area (Å²) in [6.07, 6.45) is 6.79. The maximum absolute atomic E-state index is 12.0. The Hall–Kier alpha value is -2.41. The van der Waals surface area contributed by atoms with Gasteiger partial charge in [0.05, 0.1) is 24.5 Å². The predicted octanol–water partition coefficient (Wildman–Crippen LogP) is 1.59. The second-order valence-electron chi connectivity index (χ2n) is 5.07. The van der Waals surface area contributed by atoms with Crippen LogP contribution in [0.5, 0.6) is 0 Å². The van der Waals surface area contributed by atoms with Gasteiger partial charge in [0.15, 0.2) is 0 Å². The lowest BCUT2D eigenvalue weighted by molar-refractivity contribution is 0.0857. The highest BCUT2D eigenvalue weighted by molar-refractivity contribution is 5.93. The van der Waals surface area contributed by atoms with Gasteiger partial charge in [0.1, 0.15) is 5.76 Å². The summed E-state index contributed by atoms with van der Waals surface area (Å²) in [4.78, 5) is 20.2. The Labute approximate surface area is 128 Å². The molecule has 0 saturated carbocycles. The molecule has 7 nitrogen and oxygen atoms in total. The number of carbonyl (C=O) groups is 1.